The molecule has 0 amide bonds. The monoisotopic (exact) mass is 391 g/mol. The van der Waals surface area contributed by atoms with Gasteiger partial charge in [0.2, 0.25) is 0 Å². The second kappa shape index (κ2) is 8.02. The quantitative estimate of drug-likeness (QED) is 0.542. The van der Waals surface area contributed by atoms with Crippen molar-refractivity contribution in [1.29, 1.82) is 0 Å². The molecule has 0 saturated heterocycles. The molecule has 1 atom stereocenters. The molecule has 0 aliphatic heterocycles. The second-order valence-electron chi connectivity index (χ2n) is 4.86. The van der Waals surface area contributed by atoms with Gasteiger partial charge in [0, 0.05) is 23.3 Å². The Morgan fingerprint density at radius 1 is 1.12 bits per heavy atom. The molecule has 2 rings (SSSR count). The first-order valence-corrected chi connectivity index (χ1v) is 10.7. The lowest BCUT2D eigenvalue weighted by atomic mass is 10.1. The van der Waals surface area contributed by atoms with Gasteiger partial charge in [0.15, 0.2) is 0 Å². The number of halogens is 3. The number of hydrogen-bond acceptors (Lipinski definition) is 4. The molecule has 130 valence electrons. The molecule has 8 heteroatoms. The lowest BCUT2D eigenvalue weighted by molar-refractivity contribution is -0.177. The molecule has 0 aliphatic rings. The highest BCUT2D eigenvalue weighted by molar-refractivity contribution is 8.12. The molecule has 0 heterocycles. The predicted octanol–water partition coefficient (Wildman–Crippen LogP) is 4.34. The summed E-state index contributed by atoms with van der Waals surface area (Å²) in [5, 5.41) is 0.428. The minimum absolute atomic E-state index is 0.238. The van der Waals surface area contributed by atoms with Gasteiger partial charge in [0.25, 0.3) is 0 Å². The van der Waals surface area contributed by atoms with Crippen molar-refractivity contribution in [3.8, 4) is 11.1 Å². The molecule has 2 nitrogen and oxygen atoms in total. The third-order valence-corrected chi connectivity index (χ3v) is 6.63. The Morgan fingerprint density at radius 2 is 1.75 bits per heavy atom. The summed E-state index contributed by atoms with van der Waals surface area (Å²) in [5.41, 5.74) is 1.39. The van der Waals surface area contributed by atoms with Crippen LogP contribution in [0.2, 0.25) is 0 Å². The fourth-order valence-corrected chi connectivity index (χ4v) is 4.79. The van der Waals surface area contributed by atoms with E-state index in [1.165, 1.54) is 0 Å². The van der Waals surface area contributed by atoms with Gasteiger partial charge >= 0.3 is 6.18 Å². The van der Waals surface area contributed by atoms with Crippen LogP contribution in [0.25, 0.3) is 11.1 Å². The van der Waals surface area contributed by atoms with E-state index in [1.807, 2.05) is 0 Å². The van der Waals surface area contributed by atoms with Crippen LogP contribution in [0.15, 0.2) is 53.4 Å². The largest absolute Gasteiger partial charge is 0.797 e. The topological polar surface area (TPSA) is 32.3 Å². The van der Waals surface area contributed by atoms with Crippen molar-refractivity contribution >= 4 is 35.4 Å². The van der Waals surface area contributed by atoms with Crippen LogP contribution in [-0.4, -0.2) is 18.5 Å². The van der Waals surface area contributed by atoms with Crippen LogP contribution in [0.4, 0.5) is 13.2 Å². The highest BCUT2D eigenvalue weighted by Gasteiger charge is 2.27. The second-order valence-corrected chi connectivity index (χ2v) is 9.09. The van der Waals surface area contributed by atoms with Gasteiger partial charge in [0.05, 0.1) is 5.75 Å². The Hall–Kier alpha value is -0.850. The molecule has 0 aliphatic carbocycles. The number of alkyl halides is 3. The summed E-state index contributed by atoms with van der Waals surface area (Å²) in [6, 6.07) is 13.5. The van der Waals surface area contributed by atoms with E-state index in [2.05, 4.69) is 0 Å². The lowest BCUT2D eigenvalue weighted by Gasteiger charge is -2.29. The van der Waals surface area contributed by atoms with Gasteiger partial charge in [-0.2, -0.15) is 13.2 Å². The van der Waals surface area contributed by atoms with Crippen molar-refractivity contribution in [3.63, 3.8) is 0 Å². The standard InChI is InChI=1S/C16H16F3O2PS2/c1-2-21-22(20,23)15-6-4-3-5-14(15)12-7-9-13(10-8-12)24-11-16(17,18)19/h3-10H,2,11H2,1H3,(H,20,23)/p-1. The summed E-state index contributed by atoms with van der Waals surface area (Å²) < 4.78 is 42.0. The van der Waals surface area contributed by atoms with Crippen molar-refractivity contribution in [2.45, 2.75) is 18.0 Å². The molecule has 0 aromatic heterocycles. The maximum absolute atomic E-state index is 12.6. The third-order valence-electron chi connectivity index (χ3n) is 3.07. The van der Waals surface area contributed by atoms with E-state index in [0.29, 0.717) is 15.8 Å². The molecular formula is C16H15F3O2PS2-. The van der Waals surface area contributed by atoms with Crippen molar-refractivity contribution in [2.24, 2.45) is 0 Å². The smallest absolute Gasteiger partial charge is 0.398 e. The van der Waals surface area contributed by atoms with Crippen LogP contribution < -0.4 is 10.2 Å². The van der Waals surface area contributed by atoms with Crippen LogP contribution in [-0.2, 0) is 16.3 Å². The van der Waals surface area contributed by atoms with Crippen LogP contribution in [0.5, 0.6) is 0 Å². The van der Waals surface area contributed by atoms with E-state index < -0.39 is 18.4 Å². The maximum Gasteiger partial charge on any atom is 0.398 e. The Bertz CT molecular complexity index is 733. The fraction of sp³-hybridized carbons (Fsp3) is 0.250. The normalized spacial score (nSPS) is 14.4. The van der Waals surface area contributed by atoms with Crippen molar-refractivity contribution in [2.75, 3.05) is 12.4 Å². The number of rotatable bonds is 6. The van der Waals surface area contributed by atoms with E-state index >= 15 is 0 Å². The molecule has 0 fully saturated rings. The van der Waals surface area contributed by atoms with E-state index in [-0.39, 0.29) is 6.61 Å². The summed E-state index contributed by atoms with van der Waals surface area (Å²) in [5.74, 6) is -0.936. The van der Waals surface area contributed by atoms with E-state index in [9.17, 15) is 18.1 Å². The summed E-state index contributed by atoms with van der Waals surface area (Å²) in [6.45, 7) is -1.41. The third kappa shape index (κ3) is 5.33. The predicted molar refractivity (Wildman–Crippen MR) is 94.2 cm³/mol. The summed E-state index contributed by atoms with van der Waals surface area (Å²) in [7, 11) is 0. The zero-order valence-electron chi connectivity index (χ0n) is 12.7. The van der Waals surface area contributed by atoms with Gasteiger partial charge in [-0.1, -0.05) is 48.2 Å². The van der Waals surface area contributed by atoms with Gasteiger partial charge in [-0.15, -0.1) is 11.8 Å². The lowest BCUT2D eigenvalue weighted by Crippen LogP contribution is -2.19. The molecule has 2 aromatic carbocycles. The molecular weight excluding hydrogens is 376 g/mol. The van der Waals surface area contributed by atoms with Crippen LogP contribution >= 0.6 is 18.3 Å². The van der Waals surface area contributed by atoms with Crippen LogP contribution in [0, 0.1) is 0 Å². The molecule has 0 radical (unpaired) electrons. The Balaban J connectivity index is 2.28. The van der Waals surface area contributed by atoms with Crippen molar-refractivity contribution in [3.05, 3.63) is 48.5 Å². The maximum atomic E-state index is 12.6. The average molecular weight is 391 g/mol. The Labute approximate surface area is 148 Å². The van der Waals surface area contributed by atoms with Gasteiger partial charge in [-0.05, 0) is 30.2 Å². The van der Waals surface area contributed by atoms with Crippen molar-refractivity contribution < 1.29 is 22.6 Å². The Kier molecular flexibility index (Phi) is 6.51. The first-order chi connectivity index (χ1) is 11.2. The highest BCUT2D eigenvalue weighted by Crippen LogP contribution is 2.40. The fourth-order valence-electron chi connectivity index (χ4n) is 2.09. The number of benzene rings is 2. The first-order valence-electron chi connectivity index (χ1n) is 7.08. The van der Waals surface area contributed by atoms with Gasteiger partial charge in [-0.3, -0.25) is 0 Å². The molecule has 0 saturated carbocycles. The van der Waals surface area contributed by atoms with Gasteiger partial charge < -0.3 is 9.42 Å². The summed E-state index contributed by atoms with van der Waals surface area (Å²) in [4.78, 5) is 13.1. The minimum atomic E-state index is -4.21. The summed E-state index contributed by atoms with van der Waals surface area (Å²) in [6.07, 6.45) is -4.21. The van der Waals surface area contributed by atoms with E-state index in [0.717, 1.165) is 17.3 Å². The molecule has 24 heavy (non-hydrogen) atoms. The van der Waals surface area contributed by atoms with Gasteiger partial charge in [0.1, 0.15) is 0 Å². The number of hydrogen-bond donors (Lipinski definition) is 0. The Morgan fingerprint density at radius 3 is 2.33 bits per heavy atom. The highest BCUT2D eigenvalue weighted by atomic mass is 32.5. The van der Waals surface area contributed by atoms with Crippen LogP contribution in [0.3, 0.4) is 0 Å². The molecule has 0 spiro atoms. The molecule has 0 N–H and O–H groups in total. The first kappa shape index (κ1) is 19.5. The van der Waals surface area contributed by atoms with E-state index in [1.54, 1.807) is 55.5 Å². The minimum Gasteiger partial charge on any atom is -0.797 e. The zero-order valence-corrected chi connectivity index (χ0v) is 15.3. The average Bonchev–Trinajstić information content (AvgIpc) is 2.53. The SMILES string of the molecule is CCOP([O-])(=S)c1ccccc1-c1ccc(SCC(F)(F)F)cc1. The van der Waals surface area contributed by atoms with E-state index in [4.69, 9.17) is 16.3 Å². The summed E-state index contributed by atoms with van der Waals surface area (Å²) >= 11 is 5.83. The zero-order chi connectivity index (χ0) is 17.8. The van der Waals surface area contributed by atoms with Gasteiger partial charge in [-0.25, -0.2) is 0 Å². The molecule has 0 bridgehead atoms. The van der Waals surface area contributed by atoms with Crippen LogP contribution in [0.1, 0.15) is 6.92 Å². The molecule has 1 unspecified atom stereocenters. The number of thioether (sulfide) groups is 1. The van der Waals surface area contributed by atoms with Crippen molar-refractivity contribution in [1.82, 2.24) is 0 Å². The molecule has 2 aromatic rings.